The van der Waals surface area contributed by atoms with Crippen LogP contribution in [-0.2, 0) is 0 Å². The molecule has 1 aliphatic carbocycles. The van der Waals surface area contributed by atoms with Crippen molar-refractivity contribution >= 4 is 23.0 Å². The number of halogens is 1. The number of nitro groups is 1. The molecule has 0 heterocycles. The van der Waals surface area contributed by atoms with Crippen LogP contribution in [0.15, 0.2) is 18.2 Å². The first-order chi connectivity index (χ1) is 7.92. The second kappa shape index (κ2) is 4.18. The van der Waals surface area contributed by atoms with E-state index in [-0.39, 0.29) is 10.7 Å². The molecule has 0 bridgehead atoms. The van der Waals surface area contributed by atoms with E-state index < -0.39 is 4.92 Å². The van der Waals surface area contributed by atoms with E-state index in [9.17, 15) is 10.1 Å². The SMILES string of the molecule is CC(Nc1ccc(Cl)c([N+](=O)[O-])c1)C1(C)CC1. The van der Waals surface area contributed by atoms with Gasteiger partial charge in [-0.15, -0.1) is 0 Å². The monoisotopic (exact) mass is 254 g/mol. The Morgan fingerprint density at radius 1 is 1.53 bits per heavy atom. The Bertz CT molecular complexity index is 458. The van der Waals surface area contributed by atoms with Crippen molar-refractivity contribution in [2.75, 3.05) is 5.32 Å². The van der Waals surface area contributed by atoms with E-state index in [1.54, 1.807) is 12.1 Å². The van der Waals surface area contributed by atoms with Crippen molar-refractivity contribution in [1.29, 1.82) is 0 Å². The van der Waals surface area contributed by atoms with Gasteiger partial charge >= 0.3 is 0 Å². The molecule has 0 spiro atoms. The molecule has 1 N–H and O–H groups in total. The van der Waals surface area contributed by atoms with Crippen molar-refractivity contribution in [3.05, 3.63) is 33.3 Å². The summed E-state index contributed by atoms with van der Waals surface area (Å²) in [5.74, 6) is 0. The summed E-state index contributed by atoms with van der Waals surface area (Å²) in [6.07, 6.45) is 2.41. The number of nitro benzene ring substituents is 1. The Morgan fingerprint density at radius 3 is 2.71 bits per heavy atom. The number of benzene rings is 1. The first kappa shape index (κ1) is 12.2. The van der Waals surface area contributed by atoms with E-state index in [1.165, 1.54) is 18.9 Å². The average Bonchev–Trinajstić information content (AvgIpc) is 3.00. The van der Waals surface area contributed by atoms with Gasteiger partial charge in [-0.25, -0.2) is 0 Å². The predicted octanol–water partition coefficient (Wildman–Crippen LogP) is 3.85. The van der Waals surface area contributed by atoms with Crippen LogP contribution in [0.5, 0.6) is 0 Å². The van der Waals surface area contributed by atoms with E-state index in [0.29, 0.717) is 11.5 Å². The molecule has 1 aromatic rings. The maximum absolute atomic E-state index is 10.8. The molecule has 1 aromatic carbocycles. The second-order valence-corrected chi connectivity index (χ2v) is 5.35. The van der Waals surface area contributed by atoms with Gasteiger partial charge in [-0.05, 0) is 37.3 Å². The zero-order valence-electron chi connectivity index (χ0n) is 9.87. The first-order valence-electron chi connectivity index (χ1n) is 5.63. The molecule has 0 aliphatic heterocycles. The van der Waals surface area contributed by atoms with Gasteiger partial charge < -0.3 is 5.32 Å². The summed E-state index contributed by atoms with van der Waals surface area (Å²) in [6, 6.07) is 5.13. The van der Waals surface area contributed by atoms with Gasteiger partial charge in [-0.3, -0.25) is 10.1 Å². The smallest absolute Gasteiger partial charge is 0.289 e. The van der Waals surface area contributed by atoms with Crippen molar-refractivity contribution in [2.24, 2.45) is 5.41 Å². The summed E-state index contributed by atoms with van der Waals surface area (Å²) in [5.41, 5.74) is 1.03. The summed E-state index contributed by atoms with van der Waals surface area (Å²) in [4.78, 5) is 10.3. The Hall–Kier alpha value is -1.29. The fourth-order valence-electron chi connectivity index (χ4n) is 1.80. The molecule has 2 rings (SSSR count). The standard InChI is InChI=1S/C12H15ClN2O2/c1-8(12(2)5-6-12)14-9-3-4-10(13)11(7-9)15(16)17/h3-4,7-8,14H,5-6H2,1-2H3. The molecule has 0 aromatic heterocycles. The van der Waals surface area contributed by atoms with Crippen LogP contribution in [0.4, 0.5) is 11.4 Å². The largest absolute Gasteiger partial charge is 0.382 e. The van der Waals surface area contributed by atoms with Gasteiger partial charge in [0.1, 0.15) is 5.02 Å². The van der Waals surface area contributed by atoms with E-state index in [4.69, 9.17) is 11.6 Å². The highest BCUT2D eigenvalue weighted by Gasteiger charge is 2.42. The lowest BCUT2D eigenvalue weighted by atomic mass is 10.0. The molecule has 0 amide bonds. The summed E-state index contributed by atoms with van der Waals surface area (Å²) < 4.78 is 0. The summed E-state index contributed by atoms with van der Waals surface area (Å²) in [5, 5.41) is 14.2. The predicted molar refractivity (Wildman–Crippen MR) is 68.5 cm³/mol. The Kier molecular flexibility index (Phi) is 3.00. The number of anilines is 1. The Labute approximate surface area is 105 Å². The fraction of sp³-hybridized carbons (Fsp3) is 0.500. The molecule has 5 heteroatoms. The van der Waals surface area contributed by atoms with Crippen LogP contribution in [0.25, 0.3) is 0 Å². The highest BCUT2D eigenvalue weighted by Crippen LogP contribution is 2.49. The minimum atomic E-state index is -0.461. The molecule has 1 unspecified atom stereocenters. The topological polar surface area (TPSA) is 55.2 Å². The van der Waals surface area contributed by atoms with Crippen LogP contribution in [-0.4, -0.2) is 11.0 Å². The molecule has 1 aliphatic rings. The second-order valence-electron chi connectivity index (χ2n) is 4.94. The normalized spacial score (nSPS) is 18.5. The first-order valence-corrected chi connectivity index (χ1v) is 6.01. The maximum Gasteiger partial charge on any atom is 0.289 e. The molecule has 17 heavy (non-hydrogen) atoms. The molecular weight excluding hydrogens is 240 g/mol. The summed E-state index contributed by atoms with van der Waals surface area (Å²) >= 11 is 5.76. The number of rotatable bonds is 4. The average molecular weight is 255 g/mol. The number of hydrogen-bond donors (Lipinski definition) is 1. The minimum Gasteiger partial charge on any atom is -0.382 e. The maximum atomic E-state index is 10.8. The van der Waals surface area contributed by atoms with Crippen LogP contribution in [0.2, 0.25) is 5.02 Å². The molecule has 1 fully saturated rings. The van der Waals surface area contributed by atoms with Crippen LogP contribution >= 0.6 is 11.6 Å². The van der Waals surface area contributed by atoms with Gasteiger partial charge in [-0.1, -0.05) is 18.5 Å². The van der Waals surface area contributed by atoms with Gasteiger partial charge in [0.15, 0.2) is 0 Å². The lowest BCUT2D eigenvalue weighted by Gasteiger charge is -2.21. The highest BCUT2D eigenvalue weighted by molar-refractivity contribution is 6.32. The molecule has 0 saturated heterocycles. The van der Waals surface area contributed by atoms with E-state index in [0.717, 1.165) is 5.69 Å². The molecular formula is C12H15ClN2O2. The Balaban J connectivity index is 2.16. The third-order valence-corrected chi connectivity index (χ3v) is 3.93. The molecule has 1 saturated carbocycles. The van der Waals surface area contributed by atoms with Crippen LogP contribution < -0.4 is 5.32 Å². The zero-order valence-corrected chi connectivity index (χ0v) is 10.6. The molecule has 0 radical (unpaired) electrons. The van der Waals surface area contributed by atoms with Crippen molar-refractivity contribution in [3.63, 3.8) is 0 Å². The number of nitrogens with zero attached hydrogens (tertiary/aromatic N) is 1. The van der Waals surface area contributed by atoms with Crippen molar-refractivity contribution < 1.29 is 4.92 Å². The van der Waals surface area contributed by atoms with Gasteiger partial charge in [0.05, 0.1) is 4.92 Å². The van der Waals surface area contributed by atoms with Crippen LogP contribution in [0, 0.1) is 15.5 Å². The summed E-state index contributed by atoms with van der Waals surface area (Å²) in [7, 11) is 0. The minimum absolute atomic E-state index is 0.0511. The van der Waals surface area contributed by atoms with Gasteiger partial charge in [0.2, 0.25) is 0 Å². The van der Waals surface area contributed by atoms with E-state index in [2.05, 4.69) is 19.2 Å². The number of hydrogen-bond acceptors (Lipinski definition) is 3. The lowest BCUT2D eigenvalue weighted by molar-refractivity contribution is -0.384. The summed E-state index contributed by atoms with van der Waals surface area (Å²) in [6.45, 7) is 4.32. The van der Waals surface area contributed by atoms with Crippen molar-refractivity contribution in [3.8, 4) is 0 Å². The zero-order chi connectivity index (χ0) is 12.6. The molecule has 4 nitrogen and oxygen atoms in total. The number of nitrogens with one attached hydrogen (secondary N) is 1. The van der Waals surface area contributed by atoms with Crippen molar-refractivity contribution in [2.45, 2.75) is 32.7 Å². The van der Waals surface area contributed by atoms with E-state index >= 15 is 0 Å². The van der Waals surface area contributed by atoms with Gasteiger partial charge in [0, 0.05) is 17.8 Å². The fourth-order valence-corrected chi connectivity index (χ4v) is 1.98. The molecule has 1 atom stereocenters. The van der Waals surface area contributed by atoms with E-state index in [1.807, 2.05) is 0 Å². The quantitative estimate of drug-likeness (QED) is 0.656. The Morgan fingerprint density at radius 2 is 2.18 bits per heavy atom. The van der Waals surface area contributed by atoms with Crippen LogP contribution in [0.3, 0.4) is 0 Å². The molecule has 92 valence electrons. The third kappa shape index (κ3) is 2.52. The van der Waals surface area contributed by atoms with Crippen LogP contribution in [0.1, 0.15) is 26.7 Å². The van der Waals surface area contributed by atoms with Crippen molar-refractivity contribution in [1.82, 2.24) is 0 Å². The highest BCUT2D eigenvalue weighted by atomic mass is 35.5. The lowest BCUT2D eigenvalue weighted by Crippen LogP contribution is -2.24. The van der Waals surface area contributed by atoms with Gasteiger partial charge in [-0.2, -0.15) is 0 Å². The third-order valence-electron chi connectivity index (χ3n) is 3.61. The van der Waals surface area contributed by atoms with Gasteiger partial charge in [0.25, 0.3) is 5.69 Å².